The van der Waals surface area contributed by atoms with Gasteiger partial charge in [0.05, 0.1) is 50.1 Å². The molecule has 0 bridgehead atoms. The number of carbonyl (C=O) groups is 4. The highest BCUT2D eigenvalue weighted by Crippen LogP contribution is 2.27. The van der Waals surface area contributed by atoms with E-state index in [-0.39, 0.29) is 47.5 Å². The third-order valence-corrected chi connectivity index (χ3v) is 26.0. The molecule has 688 valence electrons. The smallest absolute Gasteiger partial charge is 0.308 e. The van der Waals surface area contributed by atoms with Gasteiger partial charge in [-0.2, -0.15) is 0 Å². The first-order chi connectivity index (χ1) is 57.1. The van der Waals surface area contributed by atoms with Crippen LogP contribution in [-0.2, 0) is 38.1 Å². The van der Waals surface area contributed by atoms with Crippen molar-refractivity contribution in [1.82, 2.24) is 19.6 Å². The number of piperazine rings is 1. The van der Waals surface area contributed by atoms with Gasteiger partial charge < -0.3 is 28.7 Å². The van der Waals surface area contributed by atoms with E-state index in [0.29, 0.717) is 26.4 Å². The number of hydrogen-bond donors (Lipinski definition) is 0. The second-order valence-corrected chi connectivity index (χ2v) is 36.9. The van der Waals surface area contributed by atoms with Gasteiger partial charge in [0.25, 0.3) is 0 Å². The number of rotatable bonds is 94. The molecule has 0 spiro atoms. The summed E-state index contributed by atoms with van der Waals surface area (Å²) in [6, 6.07) is 0. The predicted octanol–water partition coefficient (Wildman–Crippen LogP) is 30.1. The molecule has 4 unspecified atom stereocenters. The van der Waals surface area contributed by atoms with Crippen LogP contribution in [0.4, 0.5) is 0 Å². The molecule has 12 nitrogen and oxygen atoms in total. The maximum atomic E-state index is 13.8. The standard InChI is InChI=1S/C104H204N4O8/c1-9-17-25-33-41-45-53-61-77-97(73-57-49-37-29-21-13-5)101(109)113-93-69-65-81-105(82-66-70-94-114-102(110)98(74-58-50-38-30-22-14-6)78-62-54-46-42-34-26-18-10-2)85-87-107-89-91-108(92-90-107)88-86-106(83-67-71-95-115-103(111)99(75-59-51-39-31-23-15-7)79-63-55-47-43-35-27-19-11-3)84-68-72-96-116-104(112)100(76-60-52-40-32-24-16-8)80-64-56-48-44-36-28-20-12-4/h97-100H,9-96H2,1-8H3. The molecule has 4 atom stereocenters. The second kappa shape index (κ2) is 89.0. The van der Waals surface area contributed by atoms with E-state index in [1.807, 2.05) is 0 Å². The van der Waals surface area contributed by atoms with Crippen LogP contribution in [0.3, 0.4) is 0 Å². The lowest BCUT2D eigenvalue weighted by Crippen LogP contribution is -2.50. The first-order valence-corrected chi connectivity index (χ1v) is 52.7. The van der Waals surface area contributed by atoms with Gasteiger partial charge in [0.2, 0.25) is 0 Å². The normalized spacial score (nSPS) is 13.9. The summed E-state index contributed by atoms with van der Waals surface area (Å²) in [4.78, 5) is 66.0. The Labute approximate surface area is 723 Å². The van der Waals surface area contributed by atoms with Crippen molar-refractivity contribution in [1.29, 1.82) is 0 Å². The number of hydrogen-bond acceptors (Lipinski definition) is 12. The summed E-state index contributed by atoms with van der Waals surface area (Å²) in [6.45, 7) is 32.6. The molecule has 116 heavy (non-hydrogen) atoms. The van der Waals surface area contributed by atoms with E-state index in [1.165, 1.54) is 308 Å². The minimum atomic E-state index is 0.0321. The van der Waals surface area contributed by atoms with Gasteiger partial charge in [-0.3, -0.25) is 29.0 Å². The van der Waals surface area contributed by atoms with Crippen molar-refractivity contribution in [3.63, 3.8) is 0 Å². The van der Waals surface area contributed by atoms with Crippen molar-refractivity contribution in [3.05, 3.63) is 0 Å². The van der Waals surface area contributed by atoms with Gasteiger partial charge in [-0.15, -0.1) is 0 Å². The molecule has 12 heteroatoms. The largest absolute Gasteiger partial charge is 0.465 e. The van der Waals surface area contributed by atoms with Crippen LogP contribution < -0.4 is 0 Å². The lowest BCUT2D eigenvalue weighted by atomic mass is 9.94. The van der Waals surface area contributed by atoms with E-state index in [4.69, 9.17) is 18.9 Å². The van der Waals surface area contributed by atoms with E-state index < -0.39 is 0 Å². The maximum absolute atomic E-state index is 13.8. The van der Waals surface area contributed by atoms with Crippen LogP contribution >= 0.6 is 0 Å². The first-order valence-electron chi connectivity index (χ1n) is 52.7. The molecule has 0 amide bonds. The lowest BCUT2D eigenvalue weighted by Gasteiger charge is -2.37. The summed E-state index contributed by atoms with van der Waals surface area (Å²) >= 11 is 0. The van der Waals surface area contributed by atoms with Crippen molar-refractivity contribution in [2.75, 3.05) is 105 Å². The Morgan fingerprint density at radius 3 is 0.500 bits per heavy atom. The monoisotopic (exact) mass is 1640 g/mol. The number of unbranched alkanes of at least 4 members (excludes halogenated alkanes) is 52. The Morgan fingerprint density at radius 2 is 0.345 bits per heavy atom. The summed E-state index contributed by atoms with van der Waals surface area (Å²) < 4.78 is 24.7. The zero-order chi connectivity index (χ0) is 84.0. The summed E-state index contributed by atoms with van der Waals surface area (Å²) in [5, 5.41) is 0. The van der Waals surface area contributed by atoms with Crippen LogP contribution in [0, 0.1) is 23.7 Å². The Bertz CT molecular complexity index is 1770. The average molecular weight is 1640 g/mol. The summed E-state index contributed by atoms with van der Waals surface area (Å²) in [5.74, 6) is 0.326. The Morgan fingerprint density at radius 1 is 0.198 bits per heavy atom. The van der Waals surface area contributed by atoms with E-state index in [2.05, 4.69) is 75.0 Å². The van der Waals surface area contributed by atoms with E-state index in [1.54, 1.807) is 0 Å². The van der Waals surface area contributed by atoms with Gasteiger partial charge >= 0.3 is 23.9 Å². The molecular formula is C104H204N4O8. The Hall–Kier alpha value is -2.28. The molecule has 1 aliphatic rings. The molecular weight excluding hydrogens is 1430 g/mol. The summed E-state index contributed by atoms with van der Waals surface area (Å²) in [7, 11) is 0. The molecule has 1 rings (SSSR count). The first kappa shape index (κ1) is 112. The van der Waals surface area contributed by atoms with Gasteiger partial charge in [0.15, 0.2) is 0 Å². The van der Waals surface area contributed by atoms with Crippen molar-refractivity contribution in [2.24, 2.45) is 23.7 Å². The molecule has 1 saturated heterocycles. The van der Waals surface area contributed by atoms with Gasteiger partial charge in [-0.25, -0.2) is 0 Å². The number of carbonyl (C=O) groups excluding carboxylic acids is 4. The van der Waals surface area contributed by atoms with Crippen molar-refractivity contribution in [3.8, 4) is 0 Å². The Balaban J connectivity index is 3.21. The molecule has 1 heterocycles. The highest BCUT2D eigenvalue weighted by molar-refractivity contribution is 5.73. The van der Waals surface area contributed by atoms with E-state index in [0.717, 1.165) is 233 Å². The van der Waals surface area contributed by atoms with Crippen LogP contribution in [0.2, 0.25) is 0 Å². The number of esters is 4. The molecule has 1 fully saturated rings. The minimum absolute atomic E-state index is 0.0321. The van der Waals surface area contributed by atoms with Crippen LogP contribution in [-0.4, -0.2) is 148 Å². The van der Waals surface area contributed by atoms with Crippen LogP contribution in [0.5, 0.6) is 0 Å². The van der Waals surface area contributed by atoms with Crippen molar-refractivity contribution < 1.29 is 38.1 Å². The third-order valence-electron chi connectivity index (χ3n) is 26.0. The number of ether oxygens (including phenoxy) is 4. The summed E-state index contributed by atoms with van der Waals surface area (Å²) in [6.07, 6.45) is 86.4. The highest BCUT2D eigenvalue weighted by Gasteiger charge is 2.25. The molecule has 0 radical (unpaired) electrons. The van der Waals surface area contributed by atoms with E-state index >= 15 is 0 Å². The van der Waals surface area contributed by atoms with Crippen molar-refractivity contribution >= 4 is 23.9 Å². The minimum Gasteiger partial charge on any atom is -0.465 e. The topological polar surface area (TPSA) is 118 Å². The molecule has 0 saturated carbocycles. The van der Waals surface area contributed by atoms with Crippen LogP contribution in [0.25, 0.3) is 0 Å². The van der Waals surface area contributed by atoms with Crippen LogP contribution in [0.15, 0.2) is 0 Å². The van der Waals surface area contributed by atoms with Gasteiger partial charge in [0, 0.05) is 52.4 Å². The maximum Gasteiger partial charge on any atom is 0.308 e. The fourth-order valence-corrected chi connectivity index (χ4v) is 17.7. The highest BCUT2D eigenvalue weighted by atomic mass is 16.5. The quantitative estimate of drug-likeness (QED) is 0.0328. The van der Waals surface area contributed by atoms with E-state index in [9.17, 15) is 19.2 Å². The lowest BCUT2D eigenvalue weighted by molar-refractivity contribution is -0.150. The molecule has 0 N–H and O–H groups in total. The molecule has 0 aromatic rings. The SMILES string of the molecule is CCCCCCCCCCC(CCCCCCCC)C(=O)OCCCCN(CCCCOC(=O)C(CCCCCCCC)CCCCCCCCCC)CCN1CCN(CCN(CCCCOC(=O)C(CCCCCCCC)CCCCCCCCCC)CCCCOC(=O)C(CCCCCCCC)CCCCCCCCCC)CC1. The third kappa shape index (κ3) is 72.2. The summed E-state index contributed by atoms with van der Waals surface area (Å²) in [5.41, 5.74) is 0. The van der Waals surface area contributed by atoms with Crippen LogP contribution in [0.1, 0.15) is 518 Å². The van der Waals surface area contributed by atoms with Gasteiger partial charge in [0.1, 0.15) is 0 Å². The molecule has 0 aromatic carbocycles. The second-order valence-electron chi connectivity index (χ2n) is 36.9. The molecule has 0 aromatic heterocycles. The number of nitrogens with zero attached hydrogens (tertiary/aromatic N) is 4. The molecule has 0 aliphatic carbocycles. The van der Waals surface area contributed by atoms with Gasteiger partial charge in [-0.05, 0) is 129 Å². The van der Waals surface area contributed by atoms with Gasteiger partial charge in [-0.1, -0.05) is 415 Å². The zero-order valence-electron chi connectivity index (χ0n) is 79.6. The molecule has 1 aliphatic heterocycles. The fourth-order valence-electron chi connectivity index (χ4n) is 17.7. The Kier molecular flexibility index (Phi) is 85.7. The average Bonchev–Trinajstić information content (AvgIpc) is 0.901. The van der Waals surface area contributed by atoms with Crippen molar-refractivity contribution in [2.45, 2.75) is 518 Å². The fraction of sp³-hybridized carbons (Fsp3) is 0.962. The zero-order valence-corrected chi connectivity index (χ0v) is 79.6. The predicted molar refractivity (Wildman–Crippen MR) is 501 cm³/mol.